The van der Waals surface area contributed by atoms with Gasteiger partial charge in [-0.3, -0.25) is 0 Å². The summed E-state index contributed by atoms with van der Waals surface area (Å²) in [4.78, 5) is 19.7. The Kier molecular flexibility index (Phi) is 5.95. The van der Waals surface area contributed by atoms with E-state index in [1.165, 1.54) is 6.07 Å². The molecule has 0 unspecified atom stereocenters. The van der Waals surface area contributed by atoms with E-state index >= 15 is 0 Å². The summed E-state index contributed by atoms with van der Waals surface area (Å²) >= 11 is 14.9. The molecule has 0 bridgehead atoms. The molecule has 0 amide bonds. The predicted molar refractivity (Wildman–Crippen MR) is 110 cm³/mol. The Morgan fingerprint density at radius 3 is 2.54 bits per heavy atom. The molecule has 0 spiro atoms. The third-order valence-electron chi connectivity index (χ3n) is 4.05. The monoisotopic (exact) mass is 454 g/mol. The number of hydrogen-bond acceptors (Lipinski definition) is 4. The first kappa shape index (κ1) is 18.9. The lowest BCUT2D eigenvalue weighted by Gasteiger charge is -2.36. The molecule has 1 aliphatic rings. The van der Waals surface area contributed by atoms with Crippen molar-refractivity contribution in [2.45, 2.75) is 0 Å². The highest BCUT2D eigenvalue weighted by Gasteiger charge is 2.20. The summed E-state index contributed by atoms with van der Waals surface area (Å²) in [7, 11) is 0. The molecule has 3 rings (SSSR count). The number of hydrogen-bond donors (Lipinski definition) is 2. The fourth-order valence-corrected chi connectivity index (χ4v) is 3.46. The fourth-order valence-electron chi connectivity index (χ4n) is 2.66. The van der Waals surface area contributed by atoms with Crippen LogP contribution in [0.1, 0.15) is 10.4 Å². The standard InChI is InChI=1S/C17H16BrClN4O2S/c18-11-1-4-15(20-10-11)22-5-7-23(8-6-22)17(26)21-12-2-3-13(16(24)25)14(19)9-12/h1-4,9-10H,5-8H2,(H,21,26)(H,24,25). The summed E-state index contributed by atoms with van der Waals surface area (Å²) in [6, 6.07) is 8.66. The number of rotatable bonds is 3. The molecular formula is C17H16BrClN4O2S. The number of aromatic carboxylic acids is 1. The Morgan fingerprint density at radius 1 is 1.23 bits per heavy atom. The Labute approximate surface area is 169 Å². The van der Waals surface area contributed by atoms with E-state index in [2.05, 4.69) is 36.0 Å². The zero-order valence-electron chi connectivity index (χ0n) is 13.7. The smallest absolute Gasteiger partial charge is 0.337 e. The van der Waals surface area contributed by atoms with E-state index in [4.69, 9.17) is 28.9 Å². The van der Waals surface area contributed by atoms with Gasteiger partial charge in [-0.2, -0.15) is 0 Å². The summed E-state index contributed by atoms with van der Waals surface area (Å²) in [5.41, 5.74) is 0.737. The lowest BCUT2D eigenvalue weighted by Crippen LogP contribution is -2.50. The molecule has 9 heteroatoms. The molecule has 1 saturated heterocycles. The van der Waals surface area contributed by atoms with Gasteiger partial charge in [0.2, 0.25) is 0 Å². The zero-order chi connectivity index (χ0) is 18.7. The maximum atomic E-state index is 11.0. The van der Waals surface area contributed by atoms with Crippen molar-refractivity contribution in [3.63, 3.8) is 0 Å². The molecule has 0 saturated carbocycles. The van der Waals surface area contributed by atoms with Gasteiger partial charge in [0.1, 0.15) is 5.82 Å². The van der Waals surface area contributed by atoms with Crippen molar-refractivity contribution in [3.05, 3.63) is 51.6 Å². The maximum Gasteiger partial charge on any atom is 0.337 e. The topological polar surface area (TPSA) is 68.7 Å². The van der Waals surface area contributed by atoms with E-state index in [1.807, 2.05) is 12.1 Å². The van der Waals surface area contributed by atoms with E-state index in [-0.39, 0.29) is 10.6 Å². The van der Waals surface area contributed by atoms with Gasteiger partial charge in [-0.1, -0.05) is 11.6 Å². The van der Waals surface area contributed by atoms with E-state index < -0.39 is 5.97 Å². The van der Waals surface area contributed by atoms with E-state index in [0.29, 0.717) is 10.8 Å². The SMILES string of the molecule is O=C(O)c1ccc(NC(=S)N2CCN(c3ccc(Br)cn3)CC2)cc1Cl. The summed E-state index contributed by atoms with van der Waals surface area (Å²) in [5.74, 6) is -0.107. The number of aromatic nitrogens is 1. The predicted octanol–water partition coefficient (Wildman–Crippen LogP) is 3.71. The molecule has 2 heterocycles. The van der Waals surface area contributed by atoms with Gasteiger partial charge in [-0.15, -0.1) is 0 Å². The minimum atomic E-state index is -1.05. The van der Waals surface area contributed by atoms with E-state index in [0.717, 1.165) is 36.5 Å². The van der Waals surface area contributed by atoms with Gasteiger partial charge < -0.3 is 20.2 Å². The first-order valence-corrected chi connectivity index (χ1v) is 9.47. The van der Waals surface area contributed by atoms with Crippen molar-refractivity contribution in [3.8, 4) is 0 Å². The summed E-state index contributed by atoms with van der Waals surface area (Å²) < 4.78 is 0.956. The highest BCUT2D eigenvalue weighted by molar-refractivity contribution is 9.10. The van der Waals surface area contributed by atoms with Crippen molar-refractivity contribution >= 4 is 62.3 Å². The van der Waals surface area contributed by atoms with Crippen LogP contribution in [-0.2, 0) is 0 Å². The van der Waals surface area contributed by atoms with Crippen LogP contribution in [-0.4, -0.2) is 52.3 Å². The number of halogens is 2. The Morgan fingerprint density at radius 2 is 1.96 bits per heavy atom. The number of carboxylic acids is 1. The minimum absolute atomic E-state index is 0.0683. The summed E-state index contributed by atoms with van der Waals surface area (Å²) in [6.45, 7) is 3.17. The lowest BCUT2D eigenvalue weighted by molar-refractivity contribution is 0.0697. The highest BCUT2D eigenvalue weighted by Crippen LogP contribution is 2.22. The van der Waals surface area contributed by atoms with Crippen LogP contribution in [0.3, 0.4) is 0 Å². The van der Waals surface area contributed by atoms with Crippen LogP contribution in [0, 0.1) is 0 Å². The molecule has 2 aromatic rings. The molecule has 26 heavy (non-hydrogen) atoms. The Balaban J connectivity index is 1.57. The zero-order valence-corrected chi connectivity index (χ0v) is 16.8. The normalized spacial score (nSPS) is 14.2. The number of carboxylic acid groups (broad SMARTS) is 1. The van der Waals surface area contributed by atoms with Crippen LogP contribution >= 0.6 is 39.7 Å². The van der Waals surface area contributed by atoms with Gasteiger partial charge in [-0.25, -0.2) is 9.78 Å². The van der Waals surface area contributed by atoms with Crippen LogP contribution < -0.4 is 10.2 Å². The van der Waals surface area contributed by atoms with Gasteiger partial charge in [0.25, 0.3) is 0 Å². The van der Waals surface area contributed by atoms with Gasteiger partial charge >= 0.3 is 5.97 Å². The van der Waals surface area contributed by atoms with Crippen molar-refractivity contribution in [1.82, 2.24) is 9.88 Å². The van der Waals surface area contributed by atoms with Crippen molar-refractivity contribution < 1.29 is 9.90 Å². The van der Waals surface area contributed by atoms with Gasteiger partial charge in [-0.05, 0) is 58.5 Å². The van der Waals surface area contributed by atoms with Gasteiger partial charge in [0.05, 0.1) is 10.6 Å². The second kappa shape index (κ2) is 8.20. The largest absolute Gasteiger partial charge is 0.478 e. The van der Waals surface area contributed by atoms with Crippen molar-refractivity contribution in [2.24, 2.45) is 0 Å². The number of thiocarbonyl (C=S) groups is 1. The first-order valence-electron chi connectivity index (χ1n) is 7.89. The molecule has 1 aromatic carbocycles. The number of anilines is 2. The molecule has 2 N–H and O–H groups in total. The highest BCUT2D eigenvalue weighted by atomic mass is 79.9. The number of piperazine rings is 1. The first-order chi connectivity index (χ1) is 12.4. The van der Waals surface area contributed by atoms with Crippen molar-refractivity contribution in [2.75, 3.05) is 36.4 Å². The number of benzene rings is 1. The maximum absolute atomic E-state index is 11.0. The molecule has 1 fully saturated rings. The molecule has 136 valence electrons. The lowest BCUT2D eigenvalue weighted by atomic mass is 10.2. The van der Waals surface area contributed by atoms with Crippen LogP contribution in [0.25, 0.3) is 0 Å². The van der Waals surface area contributed by atoms with Crippen LogP contribution in [0.15, 0.2) is 41.0 Å². The Hall–Kier alpha value is -1.90. The summed E-state index contributed by atoms with van der Waals surface area (Å²) in [6.07, 6.45) is 1.79. The quantitative estimate of drug-likeness (QED) is 0.684. The van der Waals surface area contributed by atoms with E-state index in [9.17, 15) is 4.79 Å². The molecular weight excluding hydrogens is 440 g/mol. The summed E-state index contributed by atoms with van der Waals surface area (Å²) in [5, 5.41) is 12.9. The minimum Gasteiger partial charge on any atom is -0.478 e. The van der Waals surface area contributed by atoms with Crippen LogP contribution in [0.5, 0.6) is 0 Å². The average molecular weight is 456 g/mol. The number of nitrogens with one attached hydrogen (secondary N) is 1. The third kappa shape index (κ3) is 4.44. The number of pyridine rings is 1. The Bertz CT molecular complexity index is 826. The van der Waals surface area contributed by atoms with Crippen molar-refractivity contribution in [1.29, 1.82) is 0 Å². The molecule has 0 aliphatic carbocycles. The average Bonchev–Trinajstić information content (AvgIpc) is 2.62. The second-order valence-electron chi connectivity index (χ2n) is 5.74. The second-order valence-corrected chi connectivity index (χ2v) is 7.45. The molecule has 0 radical (unpaired) electrons. The van der Waals surface area contributed by atoms with E-state index in [1.54, 1.807) is 18.3 Å². The molecule has 1 aliphatic heterocycles. The number of nitrogens with zero attached hydrogens (tertiary/aromatic N) is 3. The van der Waals surface area contributed by atoms with Gasteiger partial charge in [0.15, 0.2) is 5.11 Å². The fraction of sp³-hybridized carbons (Fsp3) is 0.235. The van der Waals surface area contributed by atoms with Crippen LogP contribution in [0.2, 0.25) is 5.02 Å². The molecule has 1 aromatic heterocycles. The molecule has 0 atom stereocenters. The van der Waals surface area contributed by atoms with Crippen LogP contribution in [0.4, 0.5) is 11.5 Å². The third-order valence-corrected chi connectivity index (χ3v) is 5.20. The van der Waals surface area contributed by atoms with Gasteiger partial charge in [0, 0.05) is 42.5 Å². The molecule has 6 nitrogen and oxygen atoms in total. The number of carbonyl (C=O) groups is 1.